The highest BCUT2D eigenvalue weighted by Crippen LogP contribution is 2.19. The number of methoxy groups -OCH3 is 1. The van der Waals surface area contributed by atoms with Crippen LogP contribution in [0.1, 0.15) is 45.1 Å². The van der Waals surface area contributed by atoms with Crippen molar-refractivity contribution in [2.45, 2.75) is 52.0 Å². The highest BCUT2D eigenvalue weighted by atomic mass is 16.5. The average molecular weight is 446 g/mol. The van der Waals surface area contributed by atoms with Crippen molar-refractivity contribution in [3.05, 3.63) is 35.9 Å². The fourth-order valence-electron chi connectivity index (χ4n) is 3.94. The SMILES string of the molecule is COC(=O)C(=O)NC1CCN(C(=O)CNC(=O)C(CCc2ccccc2)CC(C)C)CC1. The van der Waals surface area contributed by atoms with Gasteiger partial charge in [-0.1, -0.05) is 44.2 Å². The maximum absolute atomic E-state index is 12.8. The van der Waals surface area contributed by atoms with Gasteiger partial charge in [-0.3, -0.25) is 14.4 Å². The van der Waals surface area contributed by atoms with Crippen molar-refractivity contribution in [2.75, 3.05) is 26.7 Å². The molecule has 0 saturated carbocycles. The van der Waals surface area contributed by atoms with Crippen LogP contribution in [0.15, 0.2) is 30.3 Å². The summed E-state index contributed by atoms with van der Waals surface area (Å²) in [5.74, 6) is -1.66. The Kier molecular flexibility index (Phi) is 10.2. The van der Waals surface area contributed by atoms with Gasteiger partial charge in [0.1, 0.15) is 0 Å². The maximum atomic E-state index is 12.8. The van der Waals surface area contributed by atoms with Crippen LogP contribution in [0.4, 0.5) is 0 Å². The number of amides is 3. The molecule has 1 fully saturated rings. The predicted octanol–water partition coefficient (Wildman–Crippen LogP) is 1.68. The van der Waals surface area contributed by atoms with Crippen LogP contribution in [0.2, 0.25) is 0 Å². The first-order chi connectivity index (χ1) is 15.3. The van der Waals surface area contributed by atoms with E-state index in [4.69, 9.17) is 0 Å². The molecule has 32 heavy (non-hydrogen) atoms. The standard InChI is InChI=1S/C24H35N3O5/c1-17(2)15-19(10-9-18-7-5-4-6-8-18)22(29)25-16-21(28)27-13-11-20(12-14-27)26-23(30)24(31)32-3/h4-8,17,19-20H,9-16H2,1-3H3,(H,25,29)(H,26,30). The summed E-state index contributed by atoms with van der Waals surface area (Å²) in [6.07, 6.45) is 3.45. The molecule has 1 atom stereocenters. The van der Waals surface area contributed by atoms with E-state index in [1.807, 2.05) is 18.2 Å². The molecule has 0 radical (unpaired) electrons. The first kappa shape index (κ1) is 25.4. The molecule has 0 aromatic heterocycles. The molecule has 3 amide bonds. The lowest BCUT2D eigenvalue weighted by molar-refractivity contribution is -0.153. The van der Waals surface area contributed by atoms with E-state index in [-0.39, 0.29) is 30.3 Å². The van der Waals surface area contributed by atoms with Gasteiger partial charge in [0.2, 0.25) is 11.8 Å². The molecule has 0 aliphatic carbocycles. The van der Waals surface area contributed by atoms with E-state index in [1.54, 1.807) is 4.90 Å². The first-order valence-corrected chi connectivity index (χ1v) is 11.3. The van der Waals surface area contributed by atoms with Gasteiger partial charge in [-0.05, 0) is 43.6 Å². The van der Waals surface area contributed by atoms with E-state index in [9.17, 15) is 19.2 Å². The number of nitrogens with zero attached hydrogens (tertiary/aromatic N) is 1. The molecule has 1 unspecified atom stereocenters. The van der Waals surface area contributed by atoms with Gasteiger partial charge in [-0.25, -0.2) is 4.79 Å². The van der Waals surface area contributed by atoms with Gasteiger partial charge in [0.15, 0.2) is 0 Å². The van der Waals surface area contributed by atoms with E-state index < -0.39 is 11.9 Å². The van der Waals surface area contributed by atoms with Gasteiger partial charge in [0.05, 0.1) is 13.7 Å². The molecular weight excluding hydrogens is 410 g/mol. The number of carbonyl (C=O) groups is 4. The fraction of sp³-hybridized carbons (Fsp3) is 0.583. The minimum Gasteiger partial charge on any atom is -0.462 e. The lowest BCUT2D eigenvalue weighted by atomic mass is 9.90. The molecule has 8 heteroatoms. The first-order valence-electron chi connectivity index (χ1n) is 11.3. The van der Waals surface area contributed by atoms with Gasteiger partial charge < -0.3 is 20.3 Å². The summed E-state index contributed by atoms with van der Waals surface area (Å²) in [7, 11) is 1.16. The second-order valence-electron chi connectivity index (χ2n) is 8.69. The Balaban J connectivity index is 1.77. The summed E-state index contributed by atoms with van der Waals surface area (Å²) in [5, 5.41) is 5.45. The van der Waals surface area contributed by atoms with Crippen LogP contribution in [0, 0.1) is 11.8 Å². The summed E-state index contributed by atoms with van der Waals surface area (Å²) < 4.78 is 4.40. The lowest BCUT2D eigenvalue weighted by Crippen LogP contribution is -2.50. The average Bonchev–Trinajstić information content (AvgIpc) is 2.80. The number of likely N-dealkylation sites (tertiary alicyclic amines) is 1. The normalized spacial score (nSPS) is 15.2. The summed E-state index contributed by atoms with van der Waals surface area (Å²) >= 11 is 0. The second kappa shape index (κ2) is 12.8. The van der Waals surface area contributed by atoms with Crippen molar-refractivity contribution in [3.8, 4) is 0 Å². The van der Waals surface area contributed by atoms with Crippen LogP contribution in [-0.4, -0.2) is 61.4 Å². The Bertz CT molecular complexity index is 773. The Morgan fingerprint density at radius 3 is 2.34 bits per heavy atom. The van der Waals surface area contributed by atoms with Crippen molar-refractivity contribution < 1.29 is 23.9 Å². The number of ether oxygens (including phenoxy) is 1. The zero-order chi connectivity index (χ0) is 23.5. The van der Waals surface area contributed by atoms with E-state index in [0.717, 1.165) is 26.4 Å². The topological polar surface area (TPSA) is 105 Å². The third-order valence-electron chi connectivity index (χ3n) is 5.72. The summed E-state index contributed by atoms with van der Waals surface area (Å²) in [6.45, 7) is 5.08. The Hall–Kier alpha value is -2.90. The smallest absolute Gasteiger partial charge is 0.396 e. The lowest BCUT2D eigenvalue weighted by Gasteiger charge is -2.32. The van der Waals surface area contributed by atoms with E-state index in [2.05, 4.69) is 41.4 Å². The van der Waals surface area contributed by atoms with Crippen molar-refractivity contribution in [1.82, 2.24) is 15.5 Å². The number of nitrogens with one attached hydrogen (secondary N) is 2. The van der Waals surface area contributed by atoms with Gasteiger partial charge in [0.25, 0.3) is 0 Å². The molecular formula is C24H35N3O5. The molecule has 1 aromatic carbocycles. The van der Waals surface area contributed by atoms with Crippen molar-refractivity contribution in [1.29, 1.82) is 0 Å². The summed E-state index contributed by atoms with van der Waals surface area (Å²) in [5.41, 5.74) is 1.20. The number of aryl methyl sites for hydroxylation is 1. The molecule has 2 rings (SSSR count). The maximum Gasteiger partial charge on any atom is 0.396 e. The van der Waals surface area contributed by atoms with Gasteiger partial charge in [-0.15, -0.1) is 0 Å². The minimum absolute atomic E-state index is 0.0298. The van der Waals surface area contributed by atoms with Gasteiger partial charge in [-0.2, -0.15) is 0 Å². The predicted molar refractivity (Wildman–Crippen MR) is 120 cm³/mol. The molecule has 8 nitrogen and oxygen atoms in total. The second-order valence-corrected chi connectivity index (χ2v) is 8.69. The minimum atomic E-state index is -0.922. The summed E-state index contributed by atoms with van der Waals surface area (Å²) in [4.78, 5) is 49.8. The van der Waals surface area contributed by atoms with Crippen LogP contribution in [0.3, 0.4) is 0 Å². The number of hydrogen-bond donors (Lipinski definition) is 2. The van der Waals surface area contributed by atoms with Crippen LogP contribution >= 0.6 is 0 Å². The monoisotopic (exact) mass is 445 g/mol. The molecule has 176 valence electrons. The van der Waals surface area contributed by atoms with E-state index >= 15 is 0 Å². The molecule has 0 bridgehead atoms. The molecule has 1 saturated heterocycles. The number of hydrogen-bond acceptors (Lipinski definition) is 5. The molecule has 0 spiro atoms. The molecule has 1 heterocycles. The molecule has 2 N–H and O–H groups in total. The van der Waals surface area contributed by atoms with Crippen molar-refractivity contribution in [2.24, 2.45) is 11.8 Å². The molecule has 1 aliphatic heterocycles. The molecule has 1 aromatic rings. The molecule has 1 aliphatic rings. The number of piperidine rings is 1. The number of esters is 1. The fourth-order valence-corrected chi connectivity index (χ4v) is 3.94. The third kappa shape index (κ3) is 8.32. The quantitative estimate of drug-likeness (QED) is 0.445. The van der Waals surface area contributed by atoms with Crippen LogP contribution in [0.5, 0.6) is 0 Å². The third-order valence-corrected chi connectivity index (χ3v) is 5.72. The number of rotatable bonds is 9. The van der Waals surface area contributed by atoms with Crippen molar-refractivity contribution in [3.63, 3.8) is 0 Å². The Morgan fingerprint density at radius 2 is 1.75 bits per heavy atom. The summed E-state index contributed by atoms with van der Waals surface area (Å²) in [6, 6.07) is 9.92. The Morgan fingerprint density at radius 1 is 1.09 bits per heavy atom. The van der Waals surface area contributed by atoms with E-state index in [1.165, 1.54) is 5.56 Å². The van der Waals surface area contributed by atoms with Crippen LogP contribution < -0.4 is 10.6 Å². The van der Waals surface area contributed by atoms with Crippen LogP contribution in [0.25, 0.3) is 0 Å². The number of benzene rings is 1. The van der Waals surface area contributed by atoms with E-state index in [0.29, 0.717) is 31.8 Å². The van der Waals surface area contributed by atoms with Gasteiger partial charge >= 0.3 is 11.9 Å². The van der Waals surface area contributed by atoms with Crippen LogP contribution in [-0.2, 0) is 30.3 Å². The van der Waals surface area contributed by atoms with Gasteiger partial charge in [0, 0.05) is 25.0 Å². The zero-order valence-corrected chi connectivity index (χ0v) is 19.3. The van der Waals surface area contributed by atoms with Crippen molar-refractivity contribution >= 4 is 23.7 Å². The Labute approximate surface area is 190 Å². The number of carbonyl (C=O) groups excluding carboxylic acids is 4. The highest BCUT2D eigenvalue weighted by molar-refractivity contribution is 6.32. The largest absolute Gasteiger partial charge is 0.462 e. The highest BCUT2D eigenvalue weighted by Gasteiger charge is 2.27. The zero-order valence-electron chi connectivity index (χ0n) is 19.3.